The Morgan fingerprint density at radius 2 is 1.62 bits per heavy atom. The molecule has 0 spiro atoms. The van der Waals surface area contributed by atoms with Gasteiger partial charge in [-0.25, -0.2) is 4.39 Å². The molecule has 2 aromatic rings. The Kier molecular flexibility index (Phi) is 6.24. The summed E-state index contributed by atoms with van der Waals surface area (Å²) in [4.78, 5) is 24.0. The topological polar surface area (TPSA) is 46.2 Å². The van der Waals surface area contributed by atoms with Crippen molar-refractivity contribution in [1.29, 1.82) is 0 Å². The number of Topliss-reactive ketones (excluding diaryl/α,β-unsaturated/α-hetero) is 1. The van der Waals surface area contributed by atoms with Crippen LogP contribution in [0, 0.1) is 5.82 Å². The van der Waals surface area contributed by atoms with E-state index >= 15 is 0 Å². The maximum Gasteiger partial charge on any atom is 0.220 e. The van der Waals surface area contributed by atoms with E-state index < -0.39 is 0 Å². The zero-order chi connectivity index (χ0) is 17.5. The SMILES string of the molecule is CCc1ccc(C(C)NC(=O)CCC(=O)c2ccc(F)cc2)cc1. The van der Waals surface area contributed by atoms with Gasteiger partial charge in [-0.15, -0.1) is 0 Å². The number of nitrogens with one attached hydrogen (secondary N) is 1. The summed E-state index contributed by atoms with van der Waals surface area (Å²) < 4.78 is 12.8. The summed E-state index contributed by atoms with van der Waals surface area (Å²) in [6, 6.07) is 13.4. The number of carbonyl (C=O) groups excluding carboxylic acids is 2. The van der Waals surface area contributed by atoms with Gasteiger partial charge in [0.1, 0.15) is 5.82 Å². The molecule has 24 heavy (non-hydrogen) atoms. The first-order valence-electron chi connectivity index (χ1n) is 8.16. The van der Waals surface area contributed by atoms with Gasteiger partial charge >= 0.3 is 0 Å². The summed E-state index contributed by atoms with van der Waals surface area (Å²) in [5.74, 6) is -0.713. The Balaban J connectivity index is 1.83. The fraction of sp³-hybridized carbons (Fsp3) is 0.300. The predicted molar refractivity (Wildman–Crippen MR) is 92.3 cm³/mol. The molecule has 0 heterocycles. The molecule has 126 valence electrons. The molecule has 2 rings (SSSR count). The molecular formula is C20H22FNO2. The summed E-state index contributed by atoms with van der Waals surface area (Å²) >= 11 is 0. The smallest absolute Gasteiger partial charge is 0.220 e. The van der Waals surface area contributed by atoms with Crippen molar-refractivity contribution in [1.82, 2.24) is 5.32 Å². The van der Waals surface area contributed by atoms with E-state index in [2.05, 4.69) is 24.4 Å². The van der Waals surface area contributed by atoms with Gasteiger partial charge in [0.25, 0.3) is 0 Å². The Labute approximate surface area is 141 Å². The molecule has 0 saturated carbocycles. The molecule has 2 aromatic carbocycles. The molecule has 0 bridgehead atoms. The monoisotopic (exact) mass is 327 g/mol. The van der Waals surface area contributed by atoms with Gasteiger partial charge in [0.15, 0.2) is 5.78 Å². The Bertz CT molecular complexity index is 693. The van der Waals surface area contributed by atoms with Gasteiger partial charge in [0.2, 0.25) is 5.91 Å². The summed E-state index contributed by atoms with van der Waals surface area (Å²) in [6.07, 6.45) is 1.21. The first-order chi connectivity index (χ1) is 11.5. The van der Waals surface area contributed by atoms with Gasteiger partial charge in [0, 0.05) is 18.4 Å². The normalized spacial score (nSPS) is 11.8. The molecule has 3 nitrogen and oxygen atoms in total. The number of carbonyl (C=O) groups is 2. The fourth-order valence-electron chi connectivity index (χ4n) is 2.45. The second kappa shape index (κ2) is 8.39. The highest BCUT2D eigenvalue weighted by molar-refractivity contribution is 5.97. The van der Waals surface area contributed by atoms with Crippen molar-refractivity contribution < 1.29 is 14.0 Å². The van der Waals surface area contributed by atoms with Crippen LogP contribution in [0.3, 0.4) is 0 Å². The highest BCUT2D eigenvalue weighted by Crippen LogP contribution is 2.14. The van der Waals surface area contributed by atoms with Crippen molar-refractivity contribution in [3.05, 3.63) is 71.0 Å². The maximum atomic E-state index is 12.8. The lowest BCUT2D eigenvalue weighted by Gasteiger charge is -2.14. The number of halogens is 1. The van der Waals surface area contributed by atoms with Gasteiger partial charge in [-0.1, -0.05) is 31.2 Å². The molecule has 1 N–H and O–H groups in total. The maximum absolute atomic E-state index is 12.8. The molecule has 0 saturated heterocycles. The minimum absolute atomic E-state index is 0.107. The zero-order valence-corrected chi connectivity index (χ0v) is 14.0. The standard InChI is InChI=1S/C20H22FNO2/c1-3-15-4-6-16(7-5-15)14(2)22-20(24)13-12-19(23)17-8-10-18(21)11-9-17/h4-11,14H,3,12-13H2,1-2H3,(H,22,24). The summed E-state index contributed by atoms with van der Waals surface area (Å²) in [6.45, 7) is 4.01. The third-order valence-electron chi connectivity index (χ3n) is 4.01. The second-order valence-corrected chi connectivity index (χ2v) is 5.81. The molecule has 0 aromatic heterocycles. The van der Waals surface area contributed by atoms with Gasteiger partial charge in [-0.3, -0.25) is 9.59 Å². The van der Waals surface area contributed by atoms with E-state index in [1.807, 2.05) is 19.1 Å². The van der Waals surface area contributed by atoms with Crippen molar-refractivity contribution in [3.8, 4) is 0 Å². The average molecular weight is 327 g/mol. The number of benzene rings is 2. The Morgan fingerprint density at radius 3 is 2.21 bits per heavy atom. The first-order valence-corrected chi connectivity index (χ1v) is 8.16. The van der Waals surface area contributed by atoms with Crippen LogP contribution >= 0.6 is 0 Å². The van der Waals surface area contributed by atoms with Crippen molar-refractivity contribution in [2.45, 2.75) is 39.2 Å². The quantitative estimate of drug-likeness (QED) is 0.774. The highest BCUT2D eigenvalue weighted by Gasteiger charge is 2.12. The molecule has 0 aliphatic carbocycles. The first kappa shape index (κ1) is 17.9. The van der Waals surface area contributed by atoms with Crippen LogP contribution in [0.25, 0.3) is 0 Å². The Morgan fingerprint density at radius 1 is 1.00 bits per heavy atom. The molecule has 1 unspecified atom stereocenters. The lowest BCUT2D eigenvalue weighted by Crippen LogP contribution is -2.27. The van der Waals surface area contributed by atoms with E-state index in [1.54, 1.807) is 0 Å². The van der Waals surface area contributed by atoms with Gasteiger partial charge in [-0.05, 0) is 48.7 Å². The van der Waals surface area contributed by atoms with Crippen LogP contribution in [0.2, 0.25) is 0 Å². The Hall–Kier alpha value is -2.49. The third-order valence-corrected chi connectivity index (χ3v) is 4.01. The number of aryl methyl sites for hydroxylation is 1. The van der Waals surface area contributed by atoms with Crippen molar-refractivity contribution in [2.75, 3.05) is 0 Å². The van der Waals surface area contributed by atoms with Crippen LogP contribution in [-0.4, -0.2) is 11.7 Å². The van der Waals surface area contributed by atoms with E-state index in [9.17, 15) is 14.0 Å². The third kappa shape index (κ3) is 5.01. The van der Waals surface area contributed by atoms with Crippen LogP contribution in [-0.2, 0) is 11.2 Å². The van der Waals surface area contributed by atoms with Crippen LogP contribution in [0.4, 0.5) is 4.39 Å². The second-order valence-electron chi connectivity index (χ2n) is 5.81. The van der Waals surface area contributed by atoms with Crippen LogP contribution in [0.5, 0.6) is 0 Å². The highest BCUT2D eigenvalue weighted by atomic mass is 19.1. The van der Waals surface area contributed by atoms with Crippen LogP contribution in [0.15, 0.2) is 48.5 Å². The summed E-state index contributed by atoms with van der Waals surface area (Å²) in [5.41, 5.74) is 2.71. The molecule has 0 aliphatic rings. The van der Waals surface area contributed by atoms with E-state index in [0.717, 1.165) is 12.0 Å². The number of hydrogen-bond donors (Lipinski definition) is 1. The van der Waals surface area contributed by atoms with Crippen LogP contribution < -0.4 is 5.32 Å². The summed E-state index contributed by atoms with van der Waals surface area (Å²) in [5, 5.41) is 2.90. The lowest BCUT2D eigenvalue weighted by atomic mass is 10.0. The summed E-state index contributed by atoms with van der Waals surface area (Å²) in [7, 11) is 0. The van der Waals surface area contributed by atoms with Crippen molar-refractivity contribution in [3.63, 3.8) is 0 Å². The number of hydrogen-bond acceptors (Lipinski definition) is 2. The van der Waals surface area contributed by atoms with E-state index in [-0.39, 0.29) is 36.4 Å². The zero-order valence-electron chi connectivity index (χ0n) is 14.0. The van der Waals surface area contributed by atoms with Crippen molar-refractivity contribution in [2.24, 2.45) is 0 Å². The van der Waals surface area contributed by atoms with Gasteiger partial charge in [-0.2, -0.15) is 0 Å². The average Bonchev–Trinajstić information content (AvgIpc) is 2.60. The predicted octanol–water partition coefficient (Wildman–Crippen LogP) is 4.23. The fourth-order valence-corrected chi connectivity index (χ4v) is 2.45. The molecule has 4 heteroatoms. The van der Waals surface area contributed by atoms with Crippen molar-refractivity contribution >= 4 is 11.7 Å². The van der Waals surface area contributed by atoms with E-state index in [0.29, 0.717) is 5.56 Å². The molecule has 0 aliphatic heterocycles. The number of rotatable bonds is 7. The largest absolute Gasteiger partial charge is 0.350 e. The lowest BCUT2D eigenvalue weighted by molar-refractivity contribution is -0.121. The molecular weight excluding hydrogens is 305 g/mol. The number of amides is 1. The minimum Gasteiger partial charge on any atom is -0.350 e. The van der Waals surface area contributed by atoms with Gasteiger partial charge < -0.3 is 5.32 Å². The van der Waals surface area contributed by atoms with E-state index in [1.165, 1.54) is 29.8 Å². The van der Waals surface area contributed by atoms with Crippen LogP contribution in [0.1, 0.15) is 54.2 Å². The molecule has 0 fully saturated rings. The minimum atomic E-state index is -0.382. The number of ketones is 1. The molecule has 1 amide bonds. The van der Waals surface area contributed by atoms with E-state index in [4.69, 9.17) is 0 Å². The molecule has 0 radical (unpaired) electrons. The van der Waals surface area contributed by atoms with Gasteiger partial charge in [0.05, 0.1) is 6.04 Å². The molecule has 1 atom stereocenters.